The van der Waals surface area contributed by atoms with Crippen LogP contribution in [-0.4, -0.2) is 5.51 Å². The van der Waals surface area contributed by atoms with E-state index in [1.165, 1.54) is 18.2 Å². The molecule has 2 rings (SSSR count). The molecule has 0 unspecified atom stereocenters. The second-order valence-electron chi connectivity index (χ2n) is 4.17. The van der Waals surface area contributed by atoms with Crippen LogP contribution in [0.3, 0.4) is 0 Å². The SMILES string of the molecule is Fc1ccc(NCc2ccc(SC(F)(F)F)cc2)cc1F. The predicted octanol–water partition coefficient (Wildman–Crippen LogP) is 5.19. The van der Waals surface area contributed by atoms with E-state index in [4.69, 9.17) is 0 Å². The molecule has 0 amide bonds. The smallest absolute Gasteiger partial charge is 0.381 e. The average Bonchev–Trinajstić information content (AvgIpc) is 2.40. The van der Waals surface area contributed by atoms with Crippen LogP contribution in [0.4, 0.5) is 27.6 Å². The number of hydrogen-bond acceptors (Lipinski definition) is 2. The summed E-state index contributed by atoms with van der Waals surface area (Å²) in [6.07, 6.45) is 0. The van der Waals surface area contributed by atoms with Crippen molar-refractivity contribution in [1.82, 2.24) is 0 Å². The molecule has 0 atom stereocenters. The quantitative estimate of drug-likeness (QED) is 0.615. The molecule has 1 N–H and O–H groups in total. The number of halogens is 5. The molecule has 112 valence electrons. The van der Waals surface area contributed by atoms with Gasteiger partial charge in [0, 0.05) is 23.2 Å². The van der Waals surface area contributed by atoms with Gasteiger partial charge in [-0.1, -0.05) is 12.1 Å². The third kappa shape index (κ3) is 4.93. The molecule has 2 aromatic rings. The van der Waals surface area contributed by atoms with Crippen LogP contribution >= 0.6 is 11.8 Å². The minimum absolute atomic E-state index is 0.0964. The summed E-state index contributed by atoms with van der Waals surface area (Å²) in [5.74, 6) is -1.90. The number of anilines is 1. The van der Waals surface area contributed by atoms with E-state index in [-0.39, 0.29) is 16.7 Å². The molecule has 21 heavy (non-hydrogen) atoms. The molecule has 0 saturated heterocycles. The zero-order valence-electron chi connectivity index (χ0n) is 10.5. The van der Waals surface area contributed by atoms with Crippen LogP contribution in [0.15, 0.2) is 47.4 Å². The third-order valence-corrected chi connectivity index (χ3v) is 3.31. The number of nitrogens with one attached hydrogen (secondary N) is 1. The van der Waals surface area contributed by atoms with Gasteiger partial charge in [0.25, 0.3) is 0 Å². The Kier molecular flexibility index (Phi) is 4.72. The fourth-order valence-electron chi connectivity index (χ4n) is 1.62. The van der Waals surface area contributed by atoms with E-state index < -0.39 is 17.1 Å². The zero-order valence-corrected chi connectivity index (χ0v) is 11.4. The van der Waals surface area contributed by atoms with Crippen molar-refractivity contribution >= 4 is 17.4 Å². The van der Waals surface area contributed by atoms with Crippen LogP contribution < -0.4 is 5.32 Å². The summed E-state index contributed by atoms with van der Waals surface area (Å²) in [4.78, 5) is 0.0964. The molecule has 0 saturated carbocycles. The molecule has 0 radical (unpaired) electrons. The normalized spacial score (nSPS) is 11.5. The van der Waals surface area contributed by atoms with Gasteiger partial charge in [-0.2, -0.15) is 13.2 Å². The van der Waals surface area contributed by atoms with Gasteiger partial charge in [-0.25, -0.2) is 8.78 Å². The van der Waals surface area contributed by atoms with E-state index in [0.29, 0.717) is 12.2 Å². The highest BCUT2D eigenvalue weighted by molar-refractivity contribution is 8.00. The van der Waals surface area contributed by atoms with Crippen LogP contribution in [0.1, 0.15) is 5.56 Å². The van der Waals surface area contributed by atoms with Gasteiger partial charge in [-0.3, -0.25) is 0 Å². The van der Waals surface area contributed by atoms with E-state index in [0.717, 1.165) is 17.7 Å². The molecular weight excluding hydrogens is 309 g/mol. The highest BCUT2D eigenvalue weighted by Crippen LogP contribution is 2.36. The first-order valence-electron chi connectivity index (χ1n) is 5.87. The maximum absolute atomic E-state index is 13.0. The maximum Gasteiger partial charge on any atom is 0.446 e. The maximum atomic E-state index is 13.0. The van der Waals surface area contributed by atoms with Crippen molar-refractivity contribution in [1.29, 1.82) is 0 Å². The van der Waals surface area contributed by atoms with Gasteiger partial charge < -0.3 is 5.32 Å². The van der Waals surface area contributed by atoms with Gasteiger partial charge in [0.05, 0.1) is 0 Å². The van der Waals surface area contributed by atoms with Crippen molar-refractivity contribution in [3.05, 3.63) is 59.7 Å². The number of benzene rings is 2. The van der Waals surface area contributed by atoms with Crippen LogP contribution in [-0.2, 0) is 6.54 Å². The van der Waals surface area contributed by atoms with E-state index in [2.05, 4.69) is 5.32 Å². The molecular formula is C14H10F5NS. The van der Waals surface area contributed by atoms with E-state index in [1.54, 1.807) is 12.1 Å². The lowest BCUT2D eigenvalue weighted by atomic mass is 10.2. The van der Waals surface area contributed by atoms with Crippen molar-refractivity contribution in [2.75, 3.05) is 5.32 Å². The summed E-state index contributed by atoms with van der Waals surface area (Å²) in [5, 5.41) is 2.86. The van der Waals surface area contributed by atoms with Crippen molar-refractivity contribution in [3.63, 3.8) is 0 Å². The predicted molar refractivity (Wildman–Crippen MR) is 72.0 cm³/mol. The van der Waals surface area contributed by atoms with Crippen LogP contribution in [0.25, 0.3) is 0 Å². The molecule has 0 heterocycles. The Labute approximate surface area is 122 Å². The summed E-state index contributed by atoms with van der Waals surface area (Å²) in [5.41, 5.74) is -3.19. The number of hydrogen-bond donors (Lipinski definition) is 1. The second-order valence-corrected chi connectivity index (χ2v) is 5.31. The highest BCUT2D eigenvalue weighted by atomic mass is 32.2. The Balaban J connectivity index is 1.96. The first kappa shape index (κ1) is 15.6. The van der Waals surface area contributed by atoms with Gasteiger partial charge in [0.1, 0.15) is 0 Å². The Morgan fingerprint density at radius 2 is 1.57 bits per heavy atom. The van der Waals surface area contributed by atoms with Gasteiger partial charge >= 0.3 is 5.51 Å². The topological polar surface area (TPSA) is 12.0 Å². The number of rotatable bonds is 4. The molecule has 7 heteroatoms. The molecule has 0 aliphatic carbocycles. The standard InChI is InChI=1S/C14H10F5NS/c15-12-6-3-10(7-13(12)16)20-8-9-1-4-11(5-2-9)21-14(17,18)19/h1-7,20H,8H2. The summed E-state index contributed by atoms with van der Waals surface area (Å²) in [6.45, 7) is 0.294. The lowest BCUT2D eigenvalue weighted by Gasteiger charge is -2.09. The Morgan fingerprint density at radius 1 is 0.905 bits per heavy atom. The van der Waals surface area contributed by atoms with E-state index in [9.17, 15) is 22.0 Å². The molecule has 0 aliphatic heterocycles. The van der Waals surface area contributed by atoms with Crippen LogP contribution in [0.2, 0.25) is 0 Å². The number of alkyl halides is 3. The summed E-state index contributed by atoms with van der Waals surface area (Å²) < 4.78 is 62.2. The van der Waals surface area contributed by atoms with Crippen molar-refractivity contribution in [2.45, 2.75) is 16.9 Å². The first-order chi connectivity index (χ1) is 9.83. The van der Waals surface area contributed by atoms with Gasteiger partial charge in [0.15, 0.2) is 11.6 Å². The largest absolute Gasteiger partial charge is 0.446 e. The highest BCUT2D eigenvalue weighted by Gasteiger charge is 2.28. The molecule has 2 aromatic carbocycles. The van der Waals surface area contributed by atoms with Crippen molar-refractivity contribution in [3.8, 4) is 0 Å². The summed E-state index contributed by atoms with van der Waals surface area (Å²) in [7, 11) is 0. The van der Waals surface area contributed by atoms with Crippen LogP contribution in [0, 0.1) is 11.6 Å². The molecule has 0 aromatic heterocycles. The Morgan fingerprint density at radius 3 is 2.14 bits per heavy atom. The number of thioether (sulfide) groups is 1. The first-order valence-corrected chi connectivity index (χ1v) is 6.69. The Hall–Kier alpha value is -1.76. The average molecular weight is 319 g/mol. The van der Waals surface area contributed by atoms with Crippen molar-refractivity contribution in [2.24, 2.45) is 0 Å². The van der Waals surface area contributed by atoms with E-state index in [1.807, 2.05) is 0 Å². The van der Waals surface area contributed by atoms with Crippen LogP contribution in [0.5, 0.6) is 0 Å². The Bertz CT molecular complexity index is 610. The fourth-order valence-corrected chi connectivity index (χ4v) is 2.16. The van der Waals surface area contributed by atoms with Gasteiger partial charge in [0.2, 0.25) is 0 Å². The molecule has 0 fully saturated rings. The third-order valence-electron chi connectivity index (χ3n) is 2.57. The van der Waals surface area contributed by atoms with E-state index >= 15 is 0 Å². The molecule has 1 nitrogen and oxygen atoms in total. The van der Waals surface area contributed by atoms with Gasteiger partial charge in [-0.15, -0.1) is 0 Å². The minimum atomic E-state index is -4.31. The molecule has 0 bridgehead atoms. The fraction of sp³-hybridized carbons (Fsp3) is 0.143. The zero-order chi connectivity index (χ0) is 15.5. The minimum Gasteiger partial charge on any atom is -0.381 e. The van der Waals surface area contributed by atoms with Crippen molar-refractivity contribution < 1.29 is 22.0 Å². The molecule has 0 spiro atoms. The lowest BCUT2D eigenvalue weighted by molar-refractivity contribution is -0.0328. The second kappa shape index (κ2) is 6.34. The summed E-state index contributed by atoms with van der Waals surface area (Å²) in [6, 6.07) is 9.21. The summed E-state index contributed by atoms with van der Waals surface area (Å²) >= 11 is -0.184. The molecule has 0 aliphatic rings. The lowest BCUT2D eigenvalue weighted by Crippen LogP contribution is -2.01. The van der Waals surface area contributed by atoms with Gasteiger partial charge in [-0.05, 0) is 41.6 Å². The monoisotopic (exact) mass is 319 g/mol.